The van der Waals surface area contributed by atoms with Gasteiger partial charge in [-0.3, -0.25) is 4.98 Å². The Balaban J connectivity index is 1.97. The van der Waals surface area contributed by atoms with Gasteiger partial charge >= 0.3 is 0 Å². The van der Waals surface area contributed by atoms with E-state index in [0.717, 1.165) is 29.7 Å². The van der Waals surface area contributed by atoms with Crippen LogP contribution in [0.4, 0.5) is 0 Å². The minimum atomic E-state index is 0.0965. The average molecular weight is 286 g/mol. The van der Waals surface area contributed by atoms with Crippen LogP contribution in [0.25, 0.3) is 10.9 Å². The first-order valence-electron chi connectivity index (χ1n) is 7.65. The number of nitrogens with one attached hydrogen (secondary N) is 1. The van der Waals surface area contributed by atoms with E-state index < -0.39 is 0 Å². The van der Waals surface area contributed by atoms with E-state index in [1.165, 1.54) is 0 Å². The van der Waals surface area contributed by atoms with Crippen molar-refractivity contribution in [1.29, 1.82) is 0 Å². The van der Waals surface area contributed by atoms with Crippen LogP contribution in [-0.4, -0.2) is 24.7 Å². The number of ether oxygens (including phenoxy) is 1. The molecule has 0 aliphatic carbocycles. The van der Waals surface area contributed by atoms with Gasteiger partial charge in [-0.25, -0.2) is 0 Å². The van der Waals surface area contributed by atoms with Crippen molar-refractivity contribution in [2.45, 2.75) is 27.7 Å². The van der Waals surface area contributed by atoms with Crippen LogP contribution in [0.1, 0.15) is 27.7 Å². The van der Waals surface area contributed by atoms with Crippen LogP contribution < -0.4 is 10.1 Å². The van der Waals surface area contributed by atoms with Crippen LogP contribution >= 0.6 is 0 Å². The highest BCUT2D eigenvalue weighted by molar-refractivity contribution is 5.84. The molecule has 0 bridgehead atoms. The van der Waals surface area contributed by atoms with Crippen molar-refractivity contribution < 1.29 is 4.74 Å². The average Bonchev–Trinajstić information content (AvgIpc) is 2.44. The molecule has 1 aromatic heterocycles. The highest BCUT2D eigenvalue weighted by Crippen LogP contribution is 2.25. The Hall–Kier alpha value is -1.61. The molecule has 0 unspecified atom stereocenters. The molecule has 0 aliphatic rings. The molecule has 1 aromatic carbocycles. The molecule has 1 N–H and O–H groups in total. The molecule has 2 rings (SSSR count). The summed E-state index contributed by atoms with van der Waals surface area (Å²) in [6.07, 6.45) is 1.81. The molecule has 3 heteroatoms. The van der Waals surface area contributed by atoms with Crippen molar-refractivity contribution in [3.8, 4) is 5.75 Å². The van der Waals surface area contributed by atoms with E-state index in [4.69, 9.17) is 4.74 Å². The van der Waals surface area contributed by atoms with Crippen LogP contribution in [0.5, 0.6) is 5.75 Å². The third-order valence-electron chi connectivity index (χ3n) is 3.38. The van der Waals surface area contributed by atoms with Gasteiger partial charge in [0.25, 0.3) is 0 Å². The summed E-state index contributed by atoms with van der Waals surface area (Å²) in [5, 5.41) is 4.58. The van der Waals surface area contributed by atoms with E-state index in [1.807, 2.05) is 30.5 Å². The normalized spacial score (nSPS) is 12.0. The van der Waals surface area contributed by atoms with Gasteiger partial charge in [0.2, 0.25) is 0 Å². The molecule has 0 radical (unpaired) electrons. The van der Waals surface area contributed by atoms with E-state index >= 15 is 0 Å². The largest absolute Gasteiger partial charge is 0.492 e. The zero-order valence-corrected chi connectivity index (χ0v) is 13.5. The van der Waals surface area contributed by atoms with Crippen LogP contribution in [0.2, 0.25) is 0 Å². The maximum absolute atomic E-state index is 6.06. The third kappa shape index (κ3) is 4.71. The molecule has 3 nitrogen and oxygen atoms in total. The quantitative estimate of drug-likeness (QED) is 0.838. The number of rotatable bonds is 7. The Kier molecular flexibility index (Phi) is 5.18. The SMILES string of the molecule is CC(C)CNCC(C)(C)COc1cccc2ncccc12. The summed E-state index contributed by atoms with van der Waals surface area (Å²) in [6.45, 7) is 11.6. The van der Waals surface area contributed by atoms with Crippen LogP contribution in [0.3, 0.4) is 0 Å². The van der Waals surface area contributed by atoms with E-state index in [9.17, 15) is 0 Å². The minimum Gasteiger partial charge on any atom is -0.492 e. The van der Waals surface area contributed by atoms with Gasteiger partial charge in [0, 0.05) is 23.5 Å². The summed E-state index contributed by atoms with van der Waals surface area (Å²) in [7, 11) is 0. The summed E-state index contributed by atoms with van der Waals surface area (Å²) >= 11 is 0. The van der Waals surface area contributed by atoms with E-state index in [2.05, 4.69) is 44.1 Å². The Labute approximate surface area is 127 Å². The first kappa shape index (κ1) is 15.8. The Morgan fingerprint density at radius 1 is 1.19 bits per heavy atom. The Morgan fingerprint density at radius 2 is 2.00 bits per heavy atom. The summed E-state index contributed by atoms with van der Waals surface area (Å²) in [4.78, 5) is 4.36. The first-order valence-corrected chi connectivity index (χ1v) is 7.65. The zero-order valence-electron chi connectivity index (χ0n) is 13.5. The smallest absolute Gasteiger partial charge is 0.128 e. The molecular formula is C18H26N2O. The second-order valence-corrected chi connectivity index (χ2v) is 6.80. The van der Waals surface area contributed by atoms with Crippen LogP contribution in [-0.2, 0) is 0 Å². The Bertz CT molecular complexity index is 573. The number of nitrogens with zero attached hydrogens (tertiary/aromatic N) is 1. The molecule has 0 amide bonds. The molecule has 0 saturated heterocycles. The van der Waals surface area contributed by atoms with Crippen LogP contribution in [0, 0.1) is 11.3 Å². The van der Waals surface area contributed by atoms with Gasteiger partial charge in [0.15, 0.2) is 0 Å². The van der Waals surface area contributed by atoms with Crippen molar-refractivity contribution in [1.82, 2.24) is 10.3 Å². The van der Waals surface area contributed by atoms with Gasteiger partial charge in [-0.1, -0.05) is 33.8 Å². The number of pyridine rings is 1. The molecular weight excluding hydrogens is 260 g/mol. The predicted octanol–water partition coefficient (Wildman–Crippen LogP) is 3.89. The number of benzene rings is 1. The van der Waals surface area contributed by atoms with Crippen LogP contribution in [0.15, 0.2) is 36.5 Å². The number of fused-ring (bicyclic) bond motifs is 1. The van der Waals surface area contributed by atoms with Crippen molar-refractivity contribution in [3.63, 3.8) is 0 Å². The monoisotopic (exact) mass is 286 g/mol. The molecule has 0 saturated carbocycles. The fourth-order valence-electron chi connectivity index (χ4n) is 2.22. The molecule has 0 atom stereocenters. The summed E-state index contributed by atoms with van der Waals surface area (Å²) in [5.74, 6) is 1.59. The van der Waals surface area contributed by atoms with Crippen molar-refractivity contribution in [2.24, 2.45) is 11.3 Å². The number of aromatic nitrogens is 1. The van der Waals surface area contributed by atoms with Gasteiger partial charge in [0.05, 0.1) is 12.1 Å². The van der Waals surface area contributed by atoms with Gasteiger partial charge < -0.3 is 10.1 Å². The summed E-state index contributed by atoms with van der Waals surface area (Å²) in [6, 6.07) is 10.0. The zero-order chi connectivity index (χ0) is 15.3. The third-order valence-corrected chi connectivity index (χ3v) is 3.38. The minimum absolute atomic E-state index is 0.0965. The molecule has 0 spiro atoms. The summed E-state index contributed by atoms with van der Waals surface area (Å²) < 4.78 is 6.06. The fraction of sp³-hybridized carbons (Fsp3) is 0.500. The standard InChI is InChI=1S/C18H26N2O/c1-14(2)11-19-12-18(3,4)13-21-17-9-5-8-16-15(17)7-6-10-20-16/h5-10,14,19H,11-13H2,1-4H3. The van der Waals surface area contributed by atoms with Crippen molar-refractivity contribution in [3.05, 3.63) is 36.5 Å². The molecule has 1 heterocycles. The fourth-order valence-corrected chi connectivity index (χ4v) is 2.22. The maximum atomic E-state index is 6.06. The number of hydrogen-bond acceptors (Lipinski definition) is 3. The lowest BCUT2D eigenvalue weighted by molar-refractivity contribution is 0.177. The van der Waals surface area contributed by atoms with Gasteiger partial charge in [-0.2, -0.15) is 0 Å². The van der Waals surface area contributed by atoms with Gasteiger partial charge in [0.1, 0.15) is 5.75 Å². The first-order chi connectivity index (χ1) is 9.98. The topological polar surface area (TPSA) is 34.1 Å². The lowest BCUT2D eigenvalue weighted by Crippen LogP contribution is -2.35. The molecule has 0 aliphatic heterocycles. The molecule has 0 fully saturated rings. The number of hydrogen-bond donors (Lipinski definition) is 1. The Morgan fingerprint density at radius 3 is 2.76 bits per heavy atom. The molecule has 2 aromatic rings. The van der Waals surface area contributed by atoms with E-state index in [1.54, 1.807) is 0 Å². The van der Waals surface area contributed by atoms with Crippen molar-refractivity contribution in [2.75, 3.05) is 19.7 Å². The van der Waals surface area contributed by atoms with E-state index in [-0.39, 0.29) is 5.41 Å². The highest BCUT2D eigenvalue weighted by atomic mass is 16.5. The van der Waals surface area contributed by atoms with Gasteiger partial charge in [-0.15, -0.1) is 0 Å². The lowest BCUT2D eigenvalue weighted by atomic mass is 9.94. The second-order valence-electron chi connectivity index (χ2n) is 6.80. The molecule has 114 valence electrons. The predicted molar refractivity (Wildman–Crippen MR) is 88.7 cm³/mol. The van der Waals surface area contributed by atoms with Crippen molar-refractivity contribution >= 4 is 10.9 Å². The summed E-state index contributed by atoms with van der Waals surface area (Å²) in [5.41, 5.74) is 1.07. The second kappa shape index (κ2) is 6.90. The van der Waals surface area contributed by atoms with Gasteiger partial charge in [-0.05, 0) is 36.7 Å². The maximum Gasteiger partial charge on any atom is 0.128 e. The molecule has 21 heavy (non-hydrogen) atoms. The lowest BCUT2D eigenvalue weighted by Gasteiger charge is -2.26. The highest BCUT2D eigenvalue weighted by Gasteiger charge is 2.19. The van der Waals surface area contributed by atoms with E-state index in [0.29, 0.717) is 12.5 Å².